The molecule has 0 bridgehead atoms. The maximum atomic E-state index is 14.1. The highest BCUT2D eigenvalue weighted by Gasteiger charge is 2.25. The van der Waals surface area contributed by atoms with Gasteiger partial charge in [-0.2, -0.15) is 9.78 Å². The third-order valence-electron chi connectivity index (χ3n) is 5.27. The molecule has 2 aromatic carbocycles. The third-order valence-corrected chi connectivity index (χ3v) is 6.17. The molecule has 4 rings (SSSR count). The van der Waals surface area contributed by atoms with Gasteiger partial charge in [-0.15, -0.1) is 11.3 Å². The Balaban J connectivity index is 1.92. The zero-order valence-electron chi connectivity index (χ0n) is 18.4. The molecule has 4 aromatic rings. The van der Waals surface area contributed by atoms with Gasteiger partial charge in [0.25, 0.3) is 11.5 Å². The molecule has 0 radical (unpaired) electrons. The van der Waals surface area contributed by atoms with Gasteiger partial charge in [0.05, 0.1) is 17.7 Å². The summed E-state index contributed by atoms with van der Waals surface area (Å²) in [4.78, 5) is 38.7. The smallest absolute Gasteiger partial charge is 0.359 e. The summed E-state index contributed by atoms with van der Waals surface area (Å²) in [6.45, 7) is 5.51. The van der Waals surface area contributed by atoms with Crippen LogP contribution >= 0.6 is 11.3 Å². The number of rotatable bonds is 5. The van der Waals surface area contributed by atoms with Crippen LogP contribution in [0.15, 0.2) is 46.6 Å². The minimum Gasteiger partial charge on any atom is -0.461 e. The van der Waals surface area contributed by atoms with Crippen molar-refractivity contribution in [3.8, 4) is 5.69 Å². The lowest BCUT2D eigenvalue weighted by Gasteiger charge is -2.11. The van der Waals surface area contributed by atoms with Crippen molar-refractivity contribution in [1.82, 2.24) is 9.78 Å². The zero-order valence-corrected chi connectivity index (χ0v) is 19.3. The zero-order chi connectivity index (χ0) is 24.6. The average Bonchev–Trinajstić information content (AvgIpc) is 3.20. The molecular weight excluding hydrogens is 464 g/mol. The predicted molar refractivity (Wildman–Crippen MR) is 125 cm³/mol. The van der Waals surface area contributed by atoms with E-state index in [-0.39, 0.29) is 28.1 Å². The maximum absolute atomic E-state index is 14.1. The van der Waals surface area contributed by atoms with Crippen molar-refractivity contribution in [2.75, 3.05) is 11.9 Å². The number of aromatic nitrogens is 2. The van der Waals surface area contributed by atoms with E-state index in [9.17, 15) is 23.2 Å². The molecule has 0 aliphatic carbocycles. The van der Waals surface area contributed by atoms with Gasteiger partial charge in [-0.25, -0.2) is 13.6 Å². The van der Waals surface area contributed by atoms with Crippen LogP contribution in [0.1, 0.15) is 38.9 Å². The van der Waals surface area contributed by atoms with Gasteiger partial charge in [0.1, 0.15) is 22.2 Å². The quantitative estimate of drug-likeness (QED) is 0.413. The van der Waals surface area contributed by atoms with Gasteiger partial charge in [-0.3, -0.25) is 9.59 Å². The van der Waals surface area contributed by atoms with Crippen LogP contribution in [0.25, 0.3) is 16.5 Å². The van der Waals surface area contributed by atoms with Gasteiger partial charge in [-0.05, 0) is 56.2 Å². The summed E-state index contributed by atoms with van der Waals surface area (Å²) >= 11 is 0.933. The van der Waals surface area contributed by atoms with Crippen LogP contribution in [0.5, 0.6) is 0 Å². The Labute approximate surface area is 196 Å². The minimum atomic E-state index is -1.06. The number of halogens is 2. The van der Waals surface area contributed by atoms with Crippen LogP contribution in [-0.4, -0.2) is 28.3 Å². The molecule has 10 heteroatoms. The number of carbonyl (C=O) groups is 2. The molecule has 0 aliphatic rings. The van der Waals surface area contributed by atoms with Crippen molar-refractivity contribution >= 4 is 39.0 Å². The van der Waals surface area contributed by atoms with Gasteiger partial charge in [0, 0.05) is 10.8 Å². The Bertz CT molecular complexity index is 1490. The highest BCUT2D eigenvalue weighted by atomic mass is 32.1. The molecule has 7 nitrogen and oxygen atoms in total. The Kier molecular flexibility index (Phi) is 6.25. The van der Waals surface area contributed by atoms with Crippen LogP contribution in [-0.2, 0) is 4.74 Å². The number of aryl methyl sites for hydroxylation is 2. The number of thiophene rings is 1. The third kappa shape index (κ3) is 4.08. The minimum absolute atomic E-state index is 0.0219. The number of fused-ring (bicyclic) bond motifs is 1. The van der Waals surface area contributed by atoms with Crippen molar-refractivity contribution in [3.05, 3.63) is 86.2 Å². The predicted octanol–water partition coefficient (Wildman–Crippen LogP) is 4.77. The van der Waals surface area contributed by atoms with Crippen LogP contribution < -0.4 is 10.9 Å². The number of nitrogens with zero attached hydrogens (tertiary/aromatic N) is 2. The first-order chi connectivity index (χ1) is 16.2. The highest BCUT2D eigenvalue weighted by molar-refractivity contribution is 7.16. The highest BCUT2D eigenvalue weighted by Crippen LogP contribution is 2.31. The second kappa shape index (κ2) is 9.14. The first kappa shape index (κ1) is 23.2. The number of hydrogen-bond donors (Lipinski definition) is 1. The lowest BCUT2D eigenvalue weighted by Crippen LogP contribution is -2.26. The first-order valence-corrected chi connectivity index (χ1v) is 11.2. The van der Waals surface area contributed by atoms with E-state index in [2.05, 4.69) is 10.4 Å². The fourth-order valence-corrected chi connectivity index (χ4v) is 4.34. The van der Waals surface area contributed by atoms with E-state index in [1.807, 2.05) is 19.9 Å². The molecular formula is C24H19F2N3O4S. The number of ether oxygens (including phenoxy) is 1. The molecule has 0 unspecified atom stereocenters. The average molecular weight is 483 g/mol. The summed E-state index contributed by atoms with van der Waals surface area (Å²) in [5, 5.41) is 8.29. The van der Waals surface area contributed by atoms with E-state index in [0.717, 1.165) is 45.3 Å². The Morgan fingerprint density at radius 1 is 1.12 bits per heavy atom. The fourth-order valence-electron chi connectivity index (χ4n) is 3.40. The van der Waals surface area contributed by atoms with E-state index >= 15 is 0 Å². The number of hydrogen-bond acceptors (Lipinski definition) is 6. The summed E-state index contributed by atoms with van der Waals surface area (Å²) < 4.78 is 34.3. The second-order valence-corrected chi connectivity index (χ2v) is 8.34. The van der Waals surface area contributed by atoms with E-state index in [1.165, 1.54) is 5.38 Å². The van der Waals surface area contributed by atoms with Crippen LogP contribution in [0.4, 0.5) is 13.8 Å². The summed E-state index contributed by atoms with van der Waals surface area (Å²) in [5.41, 5.74) is 0.791. The first-order valence-electron chi connectivity index (χ1n) is 10.3. The van der Waals surface area contributed by atoms with E-state index in [0.29, 0.717) is 5.69 Å². The van der Waals surface area contributed by atoms with Crippen molar-refractivity contribution in [2.24, 2.45) is 0 Å². The van der Waals surface area contributed by atoms with Gasteiger partial charge >= 0.3 is 5.97 Å². The molecule has 0 spiro atoms. The van der Waals surface area contributed by atoms with Crippen molar-refractivity contribution in [1.29, 1.82) is 0 Å². The van der Waals surface area contributed by atoms with Crippen molar-refractivity contribution in [3.63, 3.8) is 0 Å². The van der Waals surface area contributed by atoms with Crippen molar-refractivity contribution < 1.29 is 23.1 Å². The maximum Gasteiger partial charge on any atom is 0.359 e. The van der Waals surface area contributed by atoms with Crippen LogP contribution in [0, 0.1) is 25.5 Å². The number of benzene rings is 2. The van der Waals surface area contributed by atoms with Gasteiger partial charge in [0.15, 0.2) is 5.69 Å². The summed E-state index contributed by atoms with van der Waals surface area (Å²) in [6, 6.07) is 8.28. The van der Waals surface area contributed by atoms with E-state index in [4.69, 9.17) is 4.74 Å². The molecule has 0 aliphatic heterocycles. The topological polar surface area (TPSA) is 90.3 Å². The fraction of sp³-hybridized carbons (Fsp3) is 0.167. The molecule has 2 aromatic heterocycles. The molecule has 0 saturated heterocycles. The SMILES string of the molecule is CCOC(=O)c1nn(-c2ccc(C)c(C)c2)c(=O)c2c(NC(=O)c3c(F)cccc3F)scc12. The van der Waals surface area contributed by atoms with E-state index in [1.54, 1.807) is 19.1 Å². The molecule has 0 fully saturated rings. The molecule has 174 valence electrons. The van der Waals surface area contributed by atoms with Gasteiger partial charge < -0.3 is 10.1 Å². The van der Waals surface area contributed by atoms with Crippen molar-refractivity contribution in [2.45, 2.75) is 20.8 Å². The lowest BCUT2D eigenvalue weighted by molar-refractivity contribution is 0.0520. The number of nitrogens with one attached hydrogen (secondary N) is 1. The molecule has 2 heterocycles. The summed E-state index contributed by atoms with van der Waals surface area (Å²) in [7, 11) is 0. The Morgan fingerprint density at radius 3 is 2.47 bits per heavy atom. The summed E-state index contributed by atoms with van der Waals surface area (Å²) in [6.07, 6.45) is 0. The van der Waals surface area contributed by atoms with E-state index < -0.39 is 34.6 Å². The second-order valence-electron chi connectivity index (χ2n) is 7.46. The van der Waals surface area contributed by atoms with Gasteiger partial charge in [-0.1, -0.05) is 12.1 Å². The normalized spacial score (nSPS) is 11.0. The number of carbonyl (C=O) groups excluding carboxylic acids is 2. The molecule has 0 saturated carbocycles. The number of amides is 1. The molecule has 0 atom stereocenters. The molecule has 1 amide bonds. The molecule has 1 N–H and O–H groups in total. The monoisotopic (exact) mass is 483 g/mol. The molecule has 34 heavy (non-hydrogen) atoms. The Morgan fingerprint density at radius 2 is 1.82 bits per heavy atom. The number of esters is 1. The number of anilines is 1. The summed E-state index contributed by atoms with van der Waals surface area (Å²) in [5.74, 6) is -3.90. The standard InChI is InChI=1S/C24H19F2N3O4S/c1-4-33-24(32)20-15-11-34-22(27-21(30)19-16(25)6-5-7-17(19)26)18(15)23(31)29(28-20)14-9-8-12(2)13(3)10-14/h5-11H,4H2,1-3H3,(H,27,30). The van der Waals surface area contributed by atoms with Crippen LogP contribution in [0.2, 0.25) is 0 Å². The van der Waals surface area contributed by atoms with Crippen LogP contribution in [0.3, 0.4) is 0 Å². The Hall–Kier alpha value is -3.92. The van der Waals surface area contributed by atoms with Gasteiger partial charge in [0.2, 0.25) is 0 Å². The largest absolute Gasteiger partial charge is 0.461 e. The lowest BCUT2D eigenvalue weighted by atomic mass is 10.1.